The molecule has 34 heavy (non-hydrogen) atoms. The van der Waals surface area contributed by atoms with E-state index in [0.717, 1.165) is 10.9 Å². The first-order chi connectivity index (χ1) is 16.4. The van der Waals surface area contributed by atoms with Crippen LogP contribution < -0.4 is 4.90 Å². The first-order valence-corrected chi connectivity index (χ1v) is 11.1. The Kier molecular flexibility index (Phi) is 4.21. The van der Waals surface area contributed by atoms with E-state index >= 15 is 0 Å². The summed E-state index contributed by atoms with van der Waals surface area (Å²) in [6.07, 6.45) is 1.42. The monoisotopic (exact) mass is 447 g/mol. The first kappa shape index (κ1) is 20.5. The summed E-state index contributed by atoms with van der Waals surface area (Å²) in [7, 11) is 0. The summed E-state index contributed by atoms with van der Waals surface area (Å²) < 4.78 is 0. The third-order valence-corrected chi connectivity index (χ3v) is 6.97. The molecule has 0 bridgehead atoms. The van der Waals surface area contributed by atoms with Crippen LogP contribution in [0.4, 0.5) is 5.69 Å². The van der Waals surface area contributed by atoms with Gasteiger partial charge in [0.05, 0.1) is 5.57 Å². The second-order valence-corrected chi connectivity index (χ2v) is 8.86. The Morgan fingerprint density at radius 1 is 0.824 bits per heavy atom. The minimum Gasteiger partial charge on any atom is -0.372 e. The number of anilines is 1. The van der Waals surface area contributed by atoms with Crippen molar-refractivity contribution in [2.24, 2.45) is 0 Å². The van der Waals surface area contributed by atoms with Crippen LogP contribution in [0.15, 0.2) is 103 Å². The molecule has 0 unspecified atom stereocenters. The van der Waals surface area contributed by atoms with Gasteiger partial charge in [-0.25, -0.2) is 0 Å². The number of carbonyl (C=O) groups is 2. The number of ketones is 2. The normalized spacial score (nSPS) is 23.1. The third-order valence-electron chi connectivity index (χ3n) is 6.97. The average molecular weight is 447 g/mol. The van der Waals surface area contributed by atoms with E-state index in [2.05, 4.69) is 0 Å². The van der Waals surface area contributed by atoms with E-state index in [-0.39, 0.29) is 16.7 Å². The Morgan fingerprint density at radius 2 is 1.50 bits per heavy atom. The highest BCUT2D eigenvalue weighted by atomic mass is 16.4. The van der Waals surface area contributed by atoms with E-state index in [1.54, 1.807) is 48.5 Å². The van der Waals surface area contributed by atoms with Gasteiger partial charge in [-0.1, -0.05) is 84.4 Å². The van der Waals surface area contributed by atoms with Gasteiger partial charge in [0.25, 0.3) is 0 Å². The van der Waals surface area contributed by atoms with E-state index in [0.29, 0.717) is 16.6 Å². The number of benzene rings is 4. The van der Waals surface area contributed by atoms with Crippen LogP contribution in [0.3, 0.4) is 0 Å². The zero-order valence-electron chi connectivity index (χ0n) is 18.4. The predicted molar refractivity (Wildman–Crippen MR) is 130 cm³/mol. The van der Waals surface area contributed by atoms with Crippen LogP contribution in [0.2, 0.25) is 0 Å². The van der Waals surface area contributed by atoms with E-state index < -0.39 is 22.9 Å². The molecule has 4 aromatic carbocycles. The van der Waals surface area contributed by atoms with Crippen LogP contribution in [0.25, 0.3) is 10.8 Å². The van der Waals surface area contributed by atoms with Crippen molar-refractivity contribution in [1.29, 1.82) is 0 Å². The molecule has 0 aromatic heterocycles. The number of aryl methyl sites for hydroxylation is 1. The summed E-state index contributed by atoms with van der Waals surface area (Å²) in [5.74, 6) is -1.20. The lowest BCUT2D eigenvalue weighted by molar-refractivity contribution is -0.0877. The number of hydrogen-bond acceptors (Lipinski definition) is 5. The zero-order chi connectivity index (χ0) is 23.7. The van der Waals surface area contributed by atoms with Gasteiger partial charge in [-0.15, -0.1) is 0 Å². The van der Waals surface area contributed by atoms with Crippen molar-refractivity contribution in [2.45, 2.75) is 18.2 Å². The maximum atomic E-state index is 14.0. The molecule has 0 spiro atoms. The molecule has 1 aliphatic heterocycles. The molecule has 5 heteroatoms. The Hall–Kier alpha value is -4.06. The van der Waals surface area contributed by atoms with Gasteiger partial charge in [0.1, 0.15) is 0 Å². The van der Waals surface area contributed by atoms with E-state index in [1.165, 1.54) is 11.1 Å². The standard InChI is InChI=1S/C29H21NO4/c1-18-13-15-20(16-14-18)30-17-25(26(31)22-11-6-8-19-7-2-3-9-21(19)22)28(33)27(32)23-10-4-5-12-24(23)29(28,30)34/h2-17,33-34H,1H3/t28-,29+/m0/s1. The summed E-state index contributed by atoms with van der Waals surface area (Å²) >= 11 is 0. The molecule has 2 aliphatic rings. The van der Waals surface area contributed by atoms with Gasteiger partial charge in [-0.3, -0.25) is 9.59 Å². The summed E-state index contributed by atoms with van der Waals surface area (Å²) in [5, 5.41) is 25.7. The van der Waals surface area contributed by atoms with Gasteiger partial charge >= 0.3 is 0 Å². The van der Waals surface area contributed by atoms with Gasteiger partial charge in [-0.05, 0) is 29.8 Å². The molecular weight excluding hydrogens is 426 g/mol. The number of aliphatic hydroxyl groups is 2. The van der Waals surface area contributed by atoms with Crippen molar-refractivity contribution in [1.82, 2.24) is 0 Å². The molecule has 2 N–H and O–H groups in total. The van der Waals surface area contributed by atoms with Crippen LogP contribution in [-0.4, -0.2) is 27.4 Å². The fraction of sp³-hybridized carbons (Fsp3) is 0.103. The minimum absolute atomic E-state index is 0.159. The lowest BCUT2D eigenvalue weighted by atomic mass is 9.81. The highest BCUT2D eigenvalue weighted by Gasteiger charge is 2.71. The molecule has 0 saturated heterocycles. The maximum absolute atomic E-state index is 14.0. The molecule has 2 atom stereocenters. The van der Waals surface area contributed by atoms with Crippen molar-refractivity contribution < 1.29 is 19.8 Å². The predicted octanol–water partition coefficient (Wildman–Crippen LogP) is 4.51. The van der Waals surface area contributed by atoms with E-state index in [1.807, 2.05) is 49.4 Å². The van der Waals surface area contributed by atoms with Crippen molar-refractivity contribution in [3.05, 3.63) is 125 Å². The molecule has 5 nitrogen and oxygen atoms in total. The third kappa shape index (κ3) is 2.45. The summed E-state index contributed by atoms with van der Waals surface area (Å²) in [5.41, 5.74) is -2.40. The molecule has 0 amide bonds. The van der Waals surface area contributed by atoms with Crippen LogP contribution in [0, 0.1) is 6.92 Å². The number of rotatable bonds is 3. The number of carbonyl (C=O) groups excluding carboxylic acids is 2. The number of fused-ring (bicyclic) bond motifs is 4. The zero-order valence-corrected chi connectivity index (χ0v) is 18.4. The highest BCUT2D eigenvalue weighted by molar-refractivity contribution is 6.24. The fourth-order valence-corrected chi connectivity index (χ4v) is 5.22. The van der Waals surface area contributed by atoms with Crippen molar-refractivity contribution >= 4 is 28.0 Å². The molecular formula is C29H21NO4. The Morgan fingerprint density at radius 3 is 2.29 bits per heavy atom. The van der Waals surface area contributed by atoms with Crippen molar-refractivity contribution in [2.75, 3.05) is 4.90 Å². The lowest BCUT2D eigenvalue weighted by Gasteiger charge is -2.39. The quantitative estimate of drug-likeness (QED) is 0.452. The summed E-state index contributed by atoms with van der Waals surface area (Å²) in [6, 6.07) is 26.7. The van der Waals surface area contributed by atoms with Crippen LogP contribution in [0.1, 0.15) is 31.8 Å². The van der Waals surface area contributed by atoms with Crippen molar-refractivity contribution in [3.8, 4) is 0 Å². The SMILES string of the molecule is Cc1ccc(N2C=C(C(=O)c3cccc4ccccc34)[C@]3(O)C(=O)c4ccccc4[C@]23O)cc1. The Bertz CT molecular complexity index is 1530. The largest absolute Gasteiger partial charge is 0.372 e. The minimum atomic E-state index is -2.46. The fourth-order valence-electron chi connectivity index (χ4n) is 5.22. The number of Topliss-reactive ketones (excluding diaryl/α,β-unsaturated/α-hetero) is 2. The van der Waals surface area contributed by atoms with Crippen LogP contribution >= 0.6 is 0 Å². The molecule has 0 radical (unpaired) electrons. The second-order valence-electron chi connectivity index (χ2n) is 8.86. The highest BCUT2D eigenvalue weighted by Crippen LogP contribution is 2.56. The summed E-state index contributed by atoms with van der Waals surface area (Å²) in [4.78, 5) is 29.0. The molecule has 1 heterocycles. The van der Waals surface area contributed by atoms with Gasteiger partial charge in [0.2, 0.25) is 17.1 Å². The van der Waals surface area contributed by atoms with E-state index in [4.69, 9.17) is 0 Å². The van der Waals surface area contributed by atoms with Crippen LogP contribution in [-0.2, 0) is 5.72 Å². The molecule has 166 valence electrons. The molecule has 0 saturated carbocycles. The maximum Gasteiger partial charge on any atom is 0.211 e. The number of hydrogen-bond donors (Lipinski definition) is 2. The second kappa shape index (κ2) is 6.97. The van der Waals surface area contributed by atoms with Gasteiger partial charge in [0, 0.05) is 28.6 Å². The molecule has 1 aliphatic carbocycles. The number of nitrogens with zero attached hydrogens (tertiary/aromatic N) is 1. The average Bonchev–Trinajstić information content (AvgIpc) is 3.21. The van der Waals surface area contributed by atoms with Gasteiger partial charge in [-0.2, -0.15) is 0 Å². The van der Waals surface area contributed by atoms with E-state index in [9.17, 15) is 19.8 Å². The first-order valence-electron chi connectivity index (χ1n) is 11.1. The molecule has 0 fully saturated rings. The molecule has 4 aromatic rings. The van der Waals surface area contributed by atoms with Crippen molar-refractivity contribution in [3.63, 3.8) is 0 Å². The molecule has 6 rings (SSSR count). The Labute approximate surface area is 196 Å². The van der Waals surface area contributed by atoms with Gasteiger partial charge < -0.3 is 15.1 Å². The van der Waals surface area contributed by atoms with Gasteiger partial charge in [0.15, 0.2) is 5.78 Å². The summed E-state index contributed by atoms with van der Waals surface area (Å²) in [6.45, 7) is 1.94. The lowest BCUT2D eigenvalue weighted by Crippen LogP contribution is -2.57. The smallest absolute Gasteiger partial charge is 0.211 e. The van der Waals surface area contributed by atoms with Crippen LogP contribution in [0.5, 0.6) is 0 Å². The Balaban J connectivity index is 1.61. The topological polar surface area (TPSA) is 77.8 Å².